The van der Waals surface area contributed by atoms with Crippen LogP contribution >= 0.6 is 0 Å². The molecule has 1 rings (SSSR count). The summed E-state index contributed by atoms with van der Waals surface area (Å²) >= 11 is 0. The third-order valence-electron chi connectivity index (χ3n) is 2.81. The van der Waals surface area contributed by atoms with Gasteiger partial charge < -0.3 is 5.32 Å². The first kappa shape index (κ1) is 12.3. The Morgan fingerprint density at radius 1 is 1.13 bits per heavy atom. The molecule has 0 aliphatic rings. The van der Waals surface area contributed by atoms with Crippen molar-refractivity contribution in [3.63, 3.8) is 0 Å². The predicted molar refractivity (Wildman–Crippen MR) is 67.3 cm³/mol. The van der Waals surface area contributed by atoms with Crippen molar-refractivity contribution in [2.45, 2.75) is 46.1 Å². The molecular weight excluding hydrogens is 182 g/mol. The fourth-order valence-corrected chi connectivity index (χ4v) is 1.71. The lowest BCUT2D eigenvalue weighted by Crippen LogP contribution is -2.27. The molecule has 0 saturated carbocycles. The van der Waals surface area contributed by atoms with Crippen molar-refractivity contribution in [3.8, 4) is 0 Å². The Labute approximate surface area is 93.9 Å². The number of hydrogen-bond acceptors (Lipinski definition) is 1. The molecule has 1 unspecified atom stereocenters. The van der Waals surface area contributed by atoms with Crippen LogP contribution in [0.15, 0.2) is 24.3 Å². The maximum atomic E-state index is 3.51. The third-order valence-corrected chi connectivity index (χ3v) is 2.81. The van der Waals surface area contributed by atoms with Gasteiger partial charge in [-0.25, -0.2) is 0 Å². The molecule has 1 N–H and O–H groups in total. The zero-order chi connectivity index (χ0) is 11.3. The van der Waals surface area contributed by atoms with Gasteiger partial charge in [-0.3, -0.25) is 0 Å². The Balaban J connectivity index is 2.61. The highest BCUT2D eigenvalue weighted by Crippen LogP contribution is 2.19. The first-order chi connectivity index (χ1) is 7.13. The molecule has 0 fully saturated rings. The van der Waals surface area contributed by atoms with Gasteiger partial charge in [-0.2, -0.15) is 0 Å². The van der Waals surface area contributed by atoms with Gasteiger partial charge in [0.15, 0.2) is 0 Å². The summed E-state index contributed by atoms with van der Waals surface area (Å²) < 4.78 is 0. The summed E-state index contributed by atoms with van der Waals surface area (Å²) in [6.45, 7) is 9.87. The average Bonchev–Trinajstić information content (AvgIpc) is 2.21. The Hall–Kier alpha value is -0.820. The van der Waals surface area contributed by atoms with Gasteiger partial charge in [0.05, 0.1) is 0 Å². The van der Waals surface area contributed by atoms with Crippen LogP contribution in [0.4, 0.5) is 0 Å². The Kier molecular flexibility index (Phi) is 4.83. The van der Waals surface area contributed by atoms with Crippen molar-refractivity contribution in [1.29, 1.82) is 0 Å². The van der Waals surface area contributed by atoms with Gasteiger partial charge in [0, 0.05) is 12.6 Å². The quantitative estimate of drug-likeness (QED) is 0.776. The van der Waals surface area contributed by atoms with E-state index < -0.39 is 0 Å². The van der Waals surface area contributed by atoms with Crippen LogP contribution in [0.1, 0.15) is 44.2 Å². The summed E-state index contributed by atoms with van der Waals surface area (Å²) in [7, 11) is 0. The van der Waals surface area contributed by atoms with Crippen molar-refractivity contribution in [3.05, 3.63) is 35.4 Å². The molecule has 84 valence electrons. The first-order valence-corrected chi connectivity index (χ1v) is 5.93. The monoisotopic (exact) mass is 205 g/mol. The van der Waals surface area contributed by atoms with Crippen molar-refractivity contribution < 1.29 is 0 Å². The van der Waals surface area contributed by atoms with Crippen LogP contribution < -0.4 is 5.32 Å². The predicted octanol–water partition coefficient (Wildman–Crippen LogP) is 3.49. The molecule has 1 atom stereocenters. The zero-order valence-corrected chi connectivity index (χ0v) is 10.4. The highest BCUT2D eigenvalue weighted by atomic mass is 14.9. The van der Waals surface area contributed by atoms with Gasteiger partial charge in [0.1, 0.15) is 0 Å². The molecular formula is C14H23N. The SMILES string of the molecule is CCC(CNC(C)C)c1ccc(C)cc1. The highest BCUT2D eigenvalue weighted by molar-refractivity contribution is 5.24. The molecule has 0 saturated heterocycles. The summed E-state index contributed by atoms with van der Waals surface area (Å²) in [5.41, 5.74) is 2.79. The molecule has 0 aliphatic carbocycles. The summed E-state index contributed by atoms with van der Waals surface area (Å²) in [6, 6.07) is 9.49. The van der Waals surface area contributed by atoms with Gasteiger partial charge in [0.2, 0.25) is 0 Å². The van der Waals surface area contributed by atoms with E-state index in [1.165, 1.54) is 17.5 Å². The van der Waals surface area contributed by atoms with Gasteiger partial charge in [-0.05, 0) is 24.8 Å². The molecule has 0 radical (unpaired) electrons. The number of rotatable bonds is 5. The molecule has 0 aromatic heterocycles. The first-order valence-electron chi connectivity index (χ1n) is 5.93. The van der Waals surface area contributed by atoms with Crippen molar-refractivity contribution >= 4 is 0 Å². The maximum absolute atomic E-state index is 3.51. The largest absolute Gasteiger partial charge is 0.314 e. The smallest absolute Gasteiger partial charge is 0.00224 e. The van der Waals surface area contributed by atoms with E-state index in [2.05, 4.69) is 57.3 Å². The van der Waals surface area contributed by atoms with Gasteiger partial charge in [-0.15, -0.1) is 0 Å². The van der Waals surface area contributed by atoms with E-state index in [9.17, 15) is 0 Å². The number of aryl methyl sites for hydroxylation is 1. The third kappa shape index (κ3) is 4.05. The Morgan fingerprint density at radius 2 is 1.73 bits per heavy atom. The van der Waals surface area contributed by atoms with Gasteiger partial charge in [0.25, 0.3) is 0 Å². The number of hydrogen-bond donors (Lipinski definition) is 1. The lowest BCUT2D eigenvalue weighted by Gasteiger charge is -2.18. The van der Waals surface area contributed by atoms with Crippen LogP contribution in [-0.2, 0) is 0 Å². The fraction of sp³-hybridized carbons (Fsp3) is 0.571. The van der Waals surface area contributed by atoms with Gasteiger partial charge in [-0.1, -0.05) is 50.6 Å². The normalized spacial score (nSPS) is 13.1. The van der Waals surface area contributed by atoms with E-state index in [0.717, 1.165) is 6.54 Å². The summed E-state index contributed by atoms with van der Waals surface area (Å²) in [5, 5.41) is 3.51. The number of benzene rings is 1. The molecule has 1 aromatic carbocycles. The average molecular weight is 205 g/mol. The molecule has 1 heteroatoms. The van der Waals surface area contributed by atoms with Crippen LogP contribution in [0.2, 0.25) is 0 Å². The van der Waals surface area contributed by atoms with Crippen LogP contribution in [0.25, 0.3) is 0 Å². The van der Waals surface area contributed by atoms with E-state index in [-0.39, 0.29) is 0 Å². The lowest BCUT2D eigenvalue weighted by molar-refractivity contribution is 0.520. The van der Waals surface area contributed by atoms with E-state index in [1.54, 1.807) is 0 Å². The fourth-order valence-electron chi connectivity index (χ4n) is 1.71. The zero-order valence-electron chi connectivity index (χ0n) is 10.4. The van der Waals surface area contributed by atoms with Crippen LogP contribution in [0.5, 0.6) is 0 Å². The van der Waals surface area contributed by atoms with Crippen LogP contribution in [-0.4, -0.2) is 12.6 Å². The van der Waals surface area contributed by atoms with E-state index in [0.29, 0.717) is 12.0 Å². The minimum absolute atomic E-state index is 0.574. The second-order valence-electron chi connectivity index (χ2n) is 4.58. The molecule has 1 aromatic rings. The van der Waals surface area contributed by atoms with Crippen molar-refractivity contribution in [2.75, 3.05) is 6.54 Å². The molecule has 0 amide bonds. The van der Waals surface area contributed by atoms with E-state index >= 15 is 0 Å². The van der Waals surface area contributed by atoms with Crippen molar-refractivity contribution in [2.24, 2.45) is 0 Å². The Morgan fingerprint density at radius 3 is 2.20 bits per heavy atom. The summed E-state index contributed by atoms with van der Waals surface area (Å²) in [5.74, 6) is 0.646. The lowest BCUT2D eigenvalue weighted by atomic mass is 9.95. The molecule has 0 heterocycles. The van der Waals surface area contributed by atoms with Crippen molar-refractivity contribution in [1.82, 2.24) is 5.32 Å². The van der Waals surface area contributed by atoms with Gasteiger partial charge >= 0.3 is 0 Å². The standard InChI is InChI=1S/C14H23N/c1-5-13(10-15-11(2)3)14-8-6-12(4)7-9-14/h6-9,11,13,15H,5,10H2,1-4H3. The molecule has 0 aliphatic heterocycles. The summed E-state index contributed by atoms with van der Waals surface area (Å²) in [6.07, 6.45) is 1.20. The minimum Gasteiger partial charge on any atom is -0.314 e. The molecule has 0 bridgehead atoms. The Bertz CT molecular complexity index is 274. The second-order valence-corrected chi connectivity index (χ2v) is 4.58. The molecule has 1 nitrogen and oxygen atoms in total. The molecule has 15 heavy (non-hydrogen) atoms. The van der Waals surface area contributed by atoms with E-state index in [4.69, 9.17) is 0 Å². The maximum Gasteiger partial charge on any atom is 0.00224 e. The van der Waals surface area contributed by atoms with E-state index in [1.807, 2.05) is 0 Å². The van der Waals surface area contributed by atoms with Crippen LogP contribution in [0.3, 0.4) is 0 Å². The highest BCUT2D eigenvalue weighted by Gasteiger charge is 2.08. The second kappa shape index (κ2) is 5.92. The minimum atomic E-state index is 0.574. The molecule has 0 spiro atoms. The van der Waals surface area contributed by atoms with Crippen LogP contribution in [0, 0.1) is 6.92 Å². The summed E-state index contributed by atoms with van der Waals surface area (Å²) in [4.78, 5) is 0. The topological polar surface area (TPSA) is 12.0 Å². The number of nitrogens with one attached hydrogen (secondary N) is 1.